The number of nitrogens with zero attached hydrogens (tertiary/aromatic N) is 2. The molecule has 2 aromatic carbocycles. The zero-order chi connectivity index (χ0) is 19.1. The summed E-state index contributed by atoms with van der Waals surface area (Å²) in [5.74, 6) is 0.531. The van der Waals surface area contributed by atoms with Crippen molar-refractivity contribution in [3.05, 3.63) is 71.5 Å². The van der Waals surface area contributed by atoms with E-state index in [0.717, 1.165) is 53.3 Å². The van der Waals surface area contributed by atoms with E-state index in [0.29, 0.717) is 6.42 Å². The number of halogens is 1. The number of carbonyl (C=O) groups excluding carboxylic acids is 1. The molecule has 3 aromatic rings. The summed E-state index contributed by atoms with van der Waals surface area (Å²) < 4.78 is 13.2. The van der Waals surface area contributed by atoms with Crippen molar-refractivity contribution in [1.82, 2.24) is 10.2 Å². The van der Waals surface area contributed by atoms with Gasteiger partial charge in [0.05, 0.1) is 12.1 Å². The fourth-order valence-electron chi connectivity index (χ4n) is 3.75. The summed E-state index contributed by atoms with van der Waals surface area (Å²) in [6.45, 7) is 0.749. The topological polar surface area (TPSA) is 66.9 Å². The van der Waals surface area contributed by atoms with Crippen LogP contribution < -0.4 is 10.6 Å². The Morgan fingerprint density at radius 2 is 1.86 bits per heavy atom. The highest BCUT2D eigenvalue weighted by atomic mass is 19.1. The summed E-state index contributed by atoms with van der Waals surface area (Å²) in [5.41, 5.74) is 4.80. The van der Waals surface area contributed by atoms with E-state index >= 15 is 0 Å². The van der Waals surface area contributed by atoms with E-state index in [1.165, 1.54) is 12.1 Å². The number of rotatable bonds is 5. The van der Waals surface area contributed by atoms with Crippen LogP contribution in [0.1, 0.15) is 24.0 Å². The quantitative estimate of drug-likeness (QED) is 0.710. The van der Waals surface area contributed by atoms with Crippen molar-refractivity contribution in [2.75, 3.05) is 17.2 Å². The molecule has 1 aliphatic heterocycles. The largest absolute Gasteiger partial charge is 0.368 e. The first-order chi connectivity index (χ1) is 13.6. The third-order valence-electron chi connectivity index (χ3n) is 5.61. The number of aromatic nitrogens is 2. The van der Waals surface area contributed by atoms with Crippen LogP contribution >= 0.6 is 0 Å². The molecule has 6 heteroatoms. The number of anilines is 2. The maximum atomic E-state index is 13.2. The molecule has 0 spiro atoms. The smallest absolute Gasteiger partial charge is 0.228 e. The Morgan fingerprint density at radius 1 is 1.04 bits per heavy atom. The number of benzene rings is 2. The van der Waals surface area contributed by atoms with Gasteiger partial charge >= 0.3 is 0 Å². The van der Waals surface area contributed by atoms with Crippen LogP contribution in [-0.2, 0) is 16.6 Å². The molecule has 1 fully saturated rings. The summed E-state index contributed by atoms with van der Waals surface area (Å²) in [4.78, 5) is 11.5. The Hall–Kier alpha value is -3.28. The second-order valence-corrected chi connectivity index (χ2v) is 7.54. The first-order valence-corrected chi connectivity index (χ1v) is 9.38. The number of carbonyl (C=O) groups is 1. The molecule has 140 valence electrons. The van der Waals surface area contributed by atoms with Crippen LogP contribution in [0.25, 0.3) is 11.3 Å². The van der Waals surface area contributed by atoms with Crippen LogP contribution in [0.5, 0.6) is 0 Å². The molecule has 0 saturated heterocycles. The molecule has 1 saturated carbocycles. The van der Waals surface area contributed by atoms with Crippen molar-refractivity contribution in [3.63, 3.8) is 0 Å². The number of hydrogen-bond donors (Lipinski definition) is 2. The van der Waals surface area contributed by atoms with Crippen molar-refractivity contribution >= 4 is 17.4 Å². The fourth-order valence-corrected chi connectivity index (χ4v) is 3.75. The third kappa shape index (κ3) is 3.11. The first kappa shape index (κ1) is 16.9. The molecule has 1 aromatic heterocycles. The van der Waals surface area contributed by atoms with E-state index in [-0.39, 0.29) is 17.1 Å². The van der Waals surface area contributed by atoms with Crippen molar-refractivity contribution in [1.29, 1.82) is 0 Å². The predicted molar refractivity (Wildman–Crippen MR) is 106 cm³/mol. The number of nitrogens with one attached hydrogen (secondary N) is 2. The maximum absolute atomic E-state index is 13.2. The van der Waals surface area contributed by atoms with Crippen molar-refractivity contribution in [3.8, 4) is 11.3 Å². The molecule has 5 rings (SSSR count). The monoisotopic (exact) mass is 374 g/mol. The van der Waals surface area contributed by atoms with Crippen LogP contribution in [-0.4, -0.2) is 22.6 Å². The average molecular weight is 374 g/mol. The van der Waals surface area contributed by atoms with Crippen LogP contribution in [0.4, 0.5) is 15.9 Å². The molecule has 0 unspecified atom stereocenters. The molecule has 2 N–H and O–H groups in total. The van der Waals surface area contributed by atoms with E-state index in [1.807, 2.05) is 42.5 Å². The van der Waals surface area contributed by atoms with Gasteiger partial charge in [-0.05, 0) is 60.4 Å². The number of hydrogen-bond acceptors (Lipinski definition) is 4. The standard InChI is InChI=1S/C22H19FN4O/c23-17-4-2-16(3-5-17)22(9-10-22)13-24-20-8-7-19(26-27-20)14-1-6-18-15(11-14)12-21(28)25-18/h1-8,11H,9-10,12-13H2,(H,24,27)(H,25,28). The van der Waals surface area contributed by atoms with E-state index < -0.39 is 0 Å². The van der Waals surface area contributed by atoms with E-state index in [2.05, 4.69) is 20.8 Å². The van der Waals surface area contributed by atoms with Crippen LogP contribution in [0.2, 0.25) is 0 Å². The minimum Gasteiger partial charge on any atom is -0.368 e. The van der Waals surface area contributed by atoms with Gasteiger partial charge in [0.25, 0.3) is 0 Å². The lowest BCUT2D eigenvalue weighted by Crippen LogP contribution is -2.20. The molecule has 0 radical (unpaired) electrons. The van der Waals surface area contributed by atoms with Crippen molar-refractivity contribution in [2.45, 2.75) is 24.7 Å². The van der Waals surface area contributed by atoms with Gasteiger partial charge < -0.3 is 10.6 Å². The van der Waals surface area contributed by atoms with E-state index in [9.17, 15) is 9.18 Å². The lowest BCUT2D eigenvalue weighted by atomic mass is 9.96. The molecular weight excluding hydrogens is 355 g/mol. The zero-order valence-electron chi connectivity index (χ0n) is 15.2. The van der Waals surface area contributed by atoms with Crippen molar-refractivity contribution < 1.29 is 9.18 Å². The fraction of sp³-hybridized carbons (Fsp3) is 0.227. The molecule has 28 heavy (non-hydrogen) atoms. The molecule has 0 bridgehead atoms. The highest BCUT2D eigenvalue weighted by Gasteiger charge is 2.44. The highest BCUT2D eigenvalue weighted by Crippen LogP contribution is 2.48. The molecule has 1 amide bonds. The molecule has 1 aliphatic carbocycles. The Bertz CT molecular complexity index is 1040. The van der Waals surface area contributed by atoms with Gasteiger partial charge in [-0.2, -0.15) is 0 Å². The summed E-state index contributed by atoms with van der Waals surface area (Å²) in [6.07, 6.45) is 2.57. The summed E-state index contributed by atoms with van der Waals surface area (Å²) >= 11 is 0. The van der Waals surface area contributed by atoms with Gasteiger partial charge in [0.2, 0.25) is 5.91 Å². The normalized spacial score (nSPS) is 16.4. The second kappa shape index (κ2) is 6.41. The van der Waals surface area contributed by atoms with Crippen LogP contribution in [0.15, 0.2) is 54.6 Å². The molecule has 2 heterocycles. The molecule has 5 nitrogen and oxygen atoms in total. The van der Waals surface area contributed by atoms with Crippen LogP contribution in [0, 0.1) is 5.82 Å². The lowest BCUT2D eigenvalue weighted by Gasteiger charge is -2.17. The average Bonchev–Trinajstić information content (AvgIpc) is 3.41. The Balaban J connectivity index is 1.28. The van der Waals surface area contributed by atoms with Gasteiger partial charge in [0, 0.05) is 23.2 Å². The minimum atomic E-state index is -0.208. The molecule has 2 aliphatic rings. The summed E-state index contributed by atoms with van der Waals surface area (Å²) in [5, 5.41) is 14.8. The lowest BCUT2D eigenvalue weighted by molar-refractivity contribution is -0.115. The van der Waals surface area contributed by atoms with Gasteiger partial charge in [-0.3, -0.25) is 4.79 Å². The molecular formula is C22H19FN4O. The summed E-state index contributed by atoms with van der Waals surface area (Å²) in [7, 11) is 0. The van der Waals surface area contributed by atoms with Gasteiger partial charge in [-0.15, -0.1) is 10.2 Å². The van der Waals surface area contributed by atoms with Gasteiger partial charge in [-0.1, -0.05) is 18.2 Å². The number of fused-ring (bicyclic) bond motifs is 1. The SMILES string of the molecule is O=C1Cc2cc(-c3ccc(NCC4(c5ccc(F)cc5)CC4)nn3)ccc2N1. The summed E-state index contributed by atoms with van der Waals surface area (Å²) in [6, 6.07) is 16.4. The zero-order valence-corrected chi connectivity index (χ0v) is 15.2. The van der Waals surface area contributed by atoms with Gasteiger partial charge in [0.15, 0.2) is 0 Å². The van der Waals surface area contributed by atoms with Gasteiger partial charge in [0.1, 0.15) is 11.6 Å². The predicted octanol–water partition coefficient (Wildman–Crippen LogP) is 3.92. The third-order valence-corrected chi connectivity index (χ3v) is 5.61. The van der Waals surface area contributed by atoms with Crippen molar-refractivity contribution in [2.24, 2.45) is 0 Å². The van der Waals surface area contributed by atoms with E-state index in [1.54, 1.807) is 0 Å². The number of amides is 1. The molecule has 0 atom stereocenters. The van der Waals surface area contributed by atoms with Crippen LogP contribution in [0.3, 0.4) is 0 Å². The second-order valence-electron chi connectivity index (χ2n) is 7.54. The maximum Gasteiger partial charge on any atom is 0.228 e. The Kier molecular flexibility index (Phi) is 3.86. The Labute approximate surface area is 162 Å². The Morgan fingerprint density at radius 3 is 2.57 bits per heavy atom. The van der Waals surface area contributed by atoms with Gasteiger partial charge in [-0.25, -0.2) is 4.39 Å². The first-order valence-electron chi connectivity index (χ1n) is 9.38. The van der Waals surface area contributed by atoms with E-state index in [4.69, 9.17) is 0 Å². The highest BCUT2D eigenvalue weighted by molar-refractivity contribution is 5.99. The minimum absolute atomic E-state index is 0.0212.